The Hall–Kier alpha value is -2.40. The van der Waals surface area contributed by atoms with E-state index >= 15 is 0 Å². The number of ether oxygens (including phenoxy) is 2. The summed E-state index contributed by atoms with van der Waals surface area (Å²) in [5, 5.41) is 13.6. The first kappa shape index (κ1) is 18.9. The number of aromatic nitrogens is 1. The van der Waals surface area contributed by atoms with E-state index in [-0.39, 0.29) is 31.1 Å². The fraction of sp³-hybridized carbons (Fsp3) is 0.500. The monoisotopic (exact) mass is 362 g/mol. The molecule has 11 heteroatoms. The molecule has 0 spiro atoms. The Labute approximate surface area is 141 Å². The zero-order valence-corrected chi connectivity index (χ0v) is 13.5. The highest BCUT2D eigenvalue weighted by molar-refractivity contribution is 5.24. The fourth-order valence-electron chi connectivity index (χ4n) is 2.50. The predicted molar refractivity (Wildman–Crippen MR) is 79.5 cm³/mol. The lowest BCUT2D eigenvalue weighted by Gasteiger charge is -2.42. The molecule has 1 fully saturated rings. The van der Waals surface area contributed by atoms with Crippen molar-refractivity contribution in [3.05, 3.63) is 51.7 Å². The Morgan fingerprint density at radius 1 is 1.48 bits per heavy atom. The zero-order chi connectivity index (χ0) is 18.7. The third-order valence-corrected chi connectivity index (χ3v) is 3.82. The molecule has 1 N–H and O–H groups in total. The van der Waals surface area contributed by atoms with Crippen molar-refractivity contribution >= 4 is 0 Å². The normalized spacial score (nSPS) is 18.9. The van der Waals surface area contributed by atoms with Crippen LogP contribution < -0.4 is 5.32 Å². The van der Waals surface area contributed by atoms with Crippen LogP contribution in [0.1, 0.15) is 11.3 Å². The van der Waals surface area contributed by atoms with E-state index in [0.717, 1.165) is 6.07 Å². The molecular formula is C14H17F3N4O4. The summed E-state index contributed by atoms with van der Waals surface area (Å²) in [5.74, 6) is -1.10. The van der Waals surface area contributed by atoms with Crippen molar-refractivity contribution < 1.29 is 27.6 Å². The van der Waals surface area contributed by atoms with Crippen molar-refractivity contribution in [2.45, 2.75) is 18.5 Å². The maximum Gasteiger partial charge on any atom is 0.418 e. The van der Waals surface area contributed by atoms with Gasteiger partial charge in [0.05, 0.1) is 35.8 Å². The first-order chi connectivity index (χ1) is 11.7. The van der Waals surface area contributed by atoms with E-state index in [1.165, 1.54) is 31.4 Å². The molecule has 25 heavy (non-hydrogen) atoms. The summed E-state index contributed by atoms with van der Waals surface area (Å²) in [4.78, 5) is 15.2. The molecule has 1 saturated heterocycles. The van der Waals surface area contributed by atoms with Crippen LogP contribution in [0.4, 0.5) is 13.2 Å². The molecule has 8 nitrogen and oxygen atoms in total. The highest BCUT2D eigenvalue weighted by atomic mass is 19.4. The van der Waals surface area contributed by atoms with Crippen molar-refractivity contribution in [3.8, 4) is 0 Å². The molecule has 2 heterocycles. The molecule has 1 aromatic rings. The Bertz CT molecular complexity index is 662. The lowest BCUT2D eigenvalue weighted by atomic mass is 10.1. The van der Waals surface area contributed by atoms with Gasteiger partial charge in [0.15, 0.2) is 5.82 Å². The highest BCUT2D eigenvalue weighted by Crippen LogP contribution is 2.32. The number of methoxy groups -OCH3 is 2. The van der Waals surface area contributed by atoms with Gasteiger partial charge in [-0.25, -0.2) is 0 Å². The number of pyridine rings is 1. The number of hydrogen-bond acceptors (Lipinski definition) is 7. The van der Waals surface area contributed by atoms with Crippen LogP contribution in [0.15, 0.2) is 30.4 Å². The maximum absolute atomic E-state index is 13.1. The Kier molecular flexibility index (Phi) is 5.48. The number of nitro groups is 1. The molecule has 0 radical (unpaired) electrons. The Balaban J connectivity index is 2.37. The van der Waals surface area contributed by atoms with Crippen LogP contribution in [-0.4, -0.2) is 47.9 Å². The first-order valence-electron chi connectivity index (χ1n) is 7.16. The molecule has 0 aromatic carbocycles. The summed E-state index contributed by atoms with van der Waals surface area (Å²) in [6.07, 6.45) is -2.66. The van der Waals surface area contributed by atoms with Crippen molar-refractivity contribution in [1.29, 1.82) is 0 Å². The van der Waals surface area contributed by atoms with Gasteiger partial charge in [-0.1, -0.05) is 0 Å². The Morgan fingerprint density at radius 3 is 2.72 bits per heavy atom. The molecular weight excluding hydrogens is 345 g/mol. The predicted octanol–water partition coefficient (Wildman–Crippen LogP) is 1.57. The van der Waals surface area contributed by atoms with E-state index in [1.807, 2.05) is 0 Å². The highest BCUT2D eigenvalue weighted by Gasteiger charge is 2.40. The van der Waals surface area contributed by atoms with Gasteiger partial charge >= 0.3 is 6.18 Å². The van der Waals surface area contributed by atoms with Crippen LogP contribution in [0.5, 0.6) is 0 Å². The van der Waals surface area contributed by atoms with Gasteiger partial charge in [-0.05, 0) is 12.1 Å². The minimum atomic E-state index is -4.58. The SMILES string of the molecule is COC1(OC)CN/C(=C\[N+](=O)[O-])N(Cc2ncccc2C(F)(F)F)C1. The van der Waals surface area contributed by atoms with Crippen molar-refractivity contribution in [2.24, 2.45) is 0 Å². The first-order valence-corrected chi connectivity index (χ1v) is 7.16. The summed E-state index contributed by atoms with van der Waals surface area (Å²) in [5.41, 5.74) is -1.16. The molecule has 0 unspecified atom stereocenters. The van der Waals surface area contributed by atoms with Crippen molar-refractivity contribution in [2.75, 3.05) is 27.3 Å². The minimum absolute atomic E-state index is 0.0133. The quantitative estimate of drug-likeness (QED) is 0.483. The third kappa shape index (κ3) is 4.37. The summed E-state index contributed by atoms with van der Waals surface area (Å²) < 4.78 is 50.0. The second-order valence-corrected chi connectivity index (χ2v) is 5.32. The van der Waals surface area contributed by atoms with Gasteiger partial charge in [0, 0.05) is 20.4 Å². The maximum atomic E-state index is 13.1. The fourth-order valence-corrected chi connectivity index (χ4v) is 2.50. The number of nitrogens with one attached hydrogen (secondary N) is 1. The van der Waals surface area contributed by atoms with E-state index in [1.54, 1.807) is 0 Å². The van der Waals surface area contributed by atoms with Gasteiger partial charge in [-0.3, -0.25) is 15.1 Å². The van der Waals surface area contributed by atoms with Gasteiger partial charge in [-0.2, -0.15) is 13.2 Å². The molecule has 1 aromatic heterocycles. The van der Waals surface area contributed by atoms with Crippen molar-refractivity contribution in [3.63, 3.8) is 0 Å². The molecule has 1 aliphatic rings. The molecule has 0 saturated carbocycles. The number of nitrogens with zero attached hydrogens (tertiary/aromatic N) is 3. The van der Waals surface area contributed by atoms with Crippen LogP contribution in [0, 0.1) is 10.1 Å². The van der Waals surface area contributed by atoms with Gasteiger partial charge in [0.1, 0.15) is 0 Å². The molecule has 138 valence electrons. The van der Waals surface area contributed by atoms with E-state index < -0.39 is 22.5 Å². The second kappa shape index (κ2) is 7.23. The average Bonchev–Trinajstić information content (AvgIpc) is 2.56. The van der Waals surface area contributed by atoms with Crippen molar-refractivity contribution in [1.82, 2.24) is 15.2 Å². The van der Waals surface area contributed by atoms with E-state index in [9.17, 15) is 23.3 Å². The summed E-state index contributed by atoms with van der Waals surface area (Å²) in [7, 11) is 2.76. The molecule has 1 aliphatic heterocycles. The van der Waals surface area contributed by atoms with Gasteiger partial charge in [0.2, 0.25) is 5.79 Å². The zero-order valence-electron chi connectivity index (χ0n) is 13.5. The lowest BCUT2D eigenvalue weighted by Crippen LogP contribution is -2.58. The average molecular weight is 362 g/mol. The minimum Gasteiger partial charge on any atom is -0.361 e. The van der Waals surface area contributed by atoms with Crippen LogP contribution in [0.25, 0.3) is 0 Å². The lowest BCUT2D eigenvalue weighted by molar-refractivity contribution is -0.405. The Morgan fingerprint density at radius 2 is 2.16 bits per heavy atom. The molecule has 0 aliphatic carbocycles. The van der Waals surface area contributed by atoms with Crippen LogP contribution in [-0.2, 0) is 22.2 Å². The largest absolute Gasteiger partial charge is 0.418 e. The number of alkyl halides is 3. The van der Waals surface area contributed by atoms with Crippen LogP contribution in [0.2, 0.25) is 0 Å². The van der Waals surface area contributed by atoms with E-state index in [4.69, 9.17) is 9.47 Å². The molecule has 0 bridgehead atoms. The summed E-state index contributed by atoms with van der Waals surface area (Å²) >= 11 is 0. The van der Waals surface area contributed by atoms with E-state index in [0.29, 0.717) is 6.20 Å². The number of hydrogen-bond donors (Lipinski definition) is 1. The number of halogens is 3. The molecule has 2 rings (SSSR count). The van der Waals surface area contributed by atoms with Gasteiger partial charge in [0.25, 0.3) is 6.20 Å². The topological polar surface area (TPSA) is 89.8 Å². The van der Waals surface area contributed by atoms with Crippen LogP contribution in [0.3, 0.4) is 0 Å². The standard InChI is InChI=1S/C14H17F3N4O4/c1-24-13(25-2)8-19-12(7-21(22)23)20(9-13)6-11-10(14(15,16)17)4-3-5-18-11/h3-5,7,19H,6,8-9H2,1-2H3/b12-7+. The second-order valence-electron chi connectivity index (χ2n) is 5.32. The van der Waals surface area contributed by atoms with Gasteiger partial charge < -0.3 is 19.7 Å². The van der Waals surface area contributed by atoms with E-state index in [2.05, 4.69) is 10.3 Å². The molecule has 0 amide bonds. The number of rotatable bonds is 5. The summed E-state index contributed by atoms with van der Waals surface area (Å²) in [6.45, 7) is -0.220. The molecule has 0 atom stereocenters. The third-order valence-electron chi connectivity index (χ3n) is 3.82. The summed E-state index contributed by atoms with van der Waals surface area (Å²) in [6, 6.07) is 2.10. The smallest absolute Gasteiger partial charge is 0.361 e. The van der Waals surface area contributed by atoms with Gasteiger partial charge in [-0.15, -0.1) is 0 Å². The van der Waals surface area contributed by atoms with Crippen LogP contribution >= 0.6 is 0 Å².